The number of aryl methyl sites for hydroxylation is 1. The Morgan fingerprint density at radius 3 is 1.90 bits per heavy atom. The molecule has 0 aromatic heterocycles. The summed E-state index contributed by atoms with van der Waals surface area (Å²) < 4.78 is 88.9. The molecule has 1 aromatic carbocycles. The van der Waals surface area contributed by atoms with E-state index in [0.717, 1.165) is 18.2 Å². The van der Waals surface area contributed by atoms with Crippen LogP contribution in [0.15, 0.2) is 18.2 Å². The maximum absolute atomic E-state index is 12.8. The summed E-state index contributed by atoms with van der Waals surface area (Å²) in [6, 6.07) is 2.56. The van der Waals surface area contributed by atoms with E-state index in [1.807, 2.05) is 0 Å². The van der Waals surface area contributed by atoms with Crippen LogP contribution < -0.4 is 5.32 Å². The van der Waals surface area contributed by atoms with E-state index in [9.17, 15) is 35.5 Å². The summed E-state index contributed by atoms with van der Waals surface area (Å²) in [7, 11) is 0. The molecule has 1 rings (SSSR count). The van der Waals surface area contributed by atoms with Crippen molar-refractivity contribution in [2.24, 2.45) is 5.41 Å². The van der Waals surface area contributed by atoms with Crippen LogP contribution >= 0.6 is 0 Å². The number of amides is 1. The van der Waals surface area contributed by atoms with Gasteiger partial charge in [0.25, 0.3) is 0 Å². The predicted molar refractivity (Wildman–Crippen MR) is 60.0 cm³/mol. The second kappa shape index (κ2) is 5.19. The average Bonchev–Trinajstić information content (AvgIpc) is 2.28. The number of benzene rings is 1. The minimum atomic E-state index is -5.83. The van der Waals surface area contributed by atoms with Gasteiger partial charge in [-0.05, 0) is 37.6 Å². The number of halogens is 7. The topological polar surface area (TPSA) is 29.1 Å². The van der Waals surface area contributed by atoms with Gasteiger partial charge < -0.3 is 5.32 Å². The van der Waals surface area contributed by atoms with Gasteiger partial charge in [0.1, 0.15) is 5.82 Å². The monoisotopic (exact) mass is 317 g/mol. The van der Waals surface area contributed by atoms with Crippen molar-refractivity contribution < 1.29 is 35.5 Å². The summed E-state index contributed by atoms with van der Waals surface area (Å²) in [5, 5.41) is 1.55. The Labute approximate surface area is 114 Å². The Kier molecular flexibility index (Phi) is 4.27. The van der Waals surface area contributed by atoms with E-state index in [4.69, 9.17) is 0 Å². The van der Waals surface area contributed by atoms with E-state index in [1.54, 1.807) is 5.32 Å². The largest absolute Gasteiger partial charge is 0.411 e. The van der Waals surface area contributed by atoms with E-state index < -0.39 is 29.5 Å². The highest BCUT2D eigenvalue weighted by atomic mass is 19.4. The van der Waals surface area contributed by atoms with Gasteiger partial charge in [0.05, 0.1) is 0 Å². The first-order valence-corrected chi connectivity index (χ1v) is 5.52. The van der Waals surface area contributed by atoms with Crippen molar-refractivity contribution in [1.29, 1.82) is 0 Å². The third-order valence-electron chi connectivity index (χ3n) is 3.02. The molecule has 1 N–H and O–H groups in total. The fraction of sp³-hybridized carbons (Fsp3) is 0.417. The van der Waals surface area contributed by atoms with Crippen molar-refractivity contribution in [2.75, 3.05) is 5.32 Å². The molecule has 9 heteroatoms. The van der Waals surface area contributed by atoms with Crippen molar-refractivity contribution in [3.63, 3.8) is 0 Å². The first kappa shape index (κ1) is 17.3. The number of anilines is 1. The second-order valence-corrected chi connectivity index (χ2v) is 4.53. The van der Waals surface area contributed by atoms with Crippen LogP contribution in [0.3, 0.4) is 0 Å². The molecular weight excluding hydrogens is 307 g/mol. The van der Waals surface area contributed by atoms with Gasteiger partial charge in [0.15, 0.2) is 0 Å². The molecular formula is C12H10F7NO. The van der Waals surface area contributed by atoms with Crippen LogP contribution in [0, 0.1) is 18.2 Å². The lowest BCUT2D eigenvalue weighted by Crippen LogP contribution is -2.55. The van der Waals surface area contributed by atoms with Crippen LogP contribution in [-0.2, 0) is 4.79 Å². The normalized spacial score (nSPS) is 13.2. The molecule has 0 unspecified atom stereocenters. The Morgan fingerprint density at radius 1 is 1.05 bits per heavy atom. The van der Waals surface area contributed by atoms with Crippen LogP contribution in [-0.4, -0.2) is 18.3 Å². The van der Waals surface area contributed by atoms with Crippen molar-refractivity contribution in [3.8, 4) is 0 Å². The molecule has 118 valence electrons. The summed E-state index contributed by atoms with van der Waals surface area (Å²) in [4.78, 5) is 11.5. The van der Waals surface area contributed by atoms with E-state index in [2.05, 4.69) is 0 Å². The minimum Gasteiger partial charge on any atom is -0.325 e. The third kappa shape index (κ3) is 3.11. The van der Waals surface area contributed by atoms with Crippen LogP contribution in [0.25, 0.3) is 0 Å². The van der Waals surface area contributed by atoms with E-state index >= 15 is 0 Å². The van der Waals surface area contributed by atoms with Crippen molar-refractivity contribution >= 4 is 11.6 Å². The predicted octanol–water partition coefficient (Wildman–Crippen LogP) is 4.20. The lowest BCUT2D eigenvalue weighted by Gasteiger charge is -2.32. The Hall–Kier alpha value is -1.80. The van der Waals surface area contributed by atoms with Crippen molar-refractivity contribution in [2.45, 2.75) is 26.2 Å². The Balaban J connectivity index is 3.20. The molecule has 0 saturated heterocycles. The van der Waals surface area contributed by atoms with Gasteiger partial charge in [-0.2, -0.15) is 26.3 Å². The fourth-order valence-corrected chi connectivity index (χ4v) is 1.43. The lowest BCUT2D eigenvalue weighted by atomic mass is 9.87. The van der Waals surface area contributed by atoms with Gasteiger partial charge in [-0.1, -0.05) is 0 Å². The Morgan fingerprint density at radius 2 is 1.52 bits per heavy atom. The van der Waals surface area contributed by atoms with Crippen molar-refractivity contribution in [3.05, 3.63) is 29.6 Å². The Bertz CT molecular complexity index is 534. The number of alkyl halides is 6. The van der Waals surface area contributed by atoms with E-state index in [-0.39, 0.29) is 18.2 Å². The molecule has 21 heavy (non-hydrogen) atoms. The zero-order valence-electron chi connectivity index (χ0n) is 10.8. The van der Waals surface area contributed by atoms with Gasteiger partial charge >= 0.3 is 12.4 Å². The average molecular weight is 317 g/mol. The maximum Gasteiger partial charge on any atom is 0.411 e. The number of rotatable bonds is 2. The zero-order chi connectivity index (χ0) is 16.6. The van der Waals surface area contributed by atoms with Gasteiger partial charge in [-0.3, -0.25) is 4.79 Å². The lowest BCUT2D eigenvalue weighted by molar-refractivity contribution is -0.317. The summed E-state index contributed by atoms with van der Waals surface area (Å²) in [6.45, 7) is 0.985. The maximum atomic E-state index is 12.8. The second-order valence-electron chi connectivity index (χ2n) is 4.53. The molecule has 0 aliphatic heterocycles. The smallest absolute Gasteiger partial charge is 0.325 e. The highest BCUT2D eigenvalue weighted by molar-refractivity contribution is 5.96. The molecule has 0 spiro atoms. The third-order valence-corrected chi connectivity index (χ3v) is 3.02. The summed E-state index contributed by atoms with van der Waals surface area (Å²) >= 11 is 0. The van der Waals surface area contributed by atoms with Gasteiger partial charge in [0, 0.05) is 5.69 Å². The molecule has 0 radical (unpaired) electrons. The van der Waals surface area contributed by atoms with Gasteiger partial charge in [-0.25, -0.2) is 4.39 Å². The van der Waals surface area contributed by atoms with Gasteiger partial charge in [-0.15, -0.1) is 0 Å². The molecule has 0 bridgehead atoms. The van der Waals surface area contributed by atoms with Crippen LogP contribution in [0.4, 0.5) is 36.4 Å². The highest BCUT2D eigenvalue weighted by Crippen LogP contribution is 2.50. The van der Waals surface area contributed by atoms with Gasteiger partial charge in [0.2, 0.25) is 11.3 Å². The number of hydrogen-bond donors (Lipinski definition) is 1. The number of hydrogen-bond acceptors (Lipinski definition) is 1. The molecule has 0 heterocycles. The quantitative estimate of drug-likeness (QED) is 0.814. The summed E-state index contributed by atoms with van der Waals surface area (Å²) in [5.74, 6) is -3.02. The zero-order valence-corrected chi connectivity index (χ0v) is 10.8. The molecule has 0 saturated carbocycles. The van der Waals surface area contributed by atoms with Crippen LogP contribution in [0.2, 0.25) is 0 Å². The molecule has 0 aliphatic rings. The number of carbonyl (C=O) groups excluding carboxylic acids is 1. The first-order chi connectivity index (χ1) is 9.30. The number of nitrogens with one attached hydrogen (secondary N) is 1. The van der Waals surface area contributed by atoms with E-state index in [1.165, 1.54) is 6.92 Å². The molecule has 0 atom stereocenters. The van der Waals surface area contributed by atoms with Crippen LogP contribution in [0.5, 0.6) is 0 Å². The van der Waals surface area contributed by atoms with E-state index in [0.29, 0.717) is 0 Å². The standard InChI is InChI=1S/C12H10F7NO/c1-6-5-7(13)3-4-8(6)20-9(21)10(2,11(14,15)16)12(17,18)19/h3-5H,1-2H3,(H,20,21). The first-order valence-electron chi connectivity index (χ1n) is 5.52. The SMILES string of the molecule is Cc1cc(F)ccc1NC(=O)C(C)(C(F)(F)F)C(F)(F)F. The molecule has 1 amide bonds. The summed E-state index contributed by atoms with van der Waals surface area (Å²) in [6.07, 6.45) is -11.7. The minimum absolute atomic E-state index is 0.00458. The highest BCUT2D eigenvalue weighted by Gasteiger charge is 2.72. The summed E-state index contributed by atoms with van der Waals surface area (Å²) in [5.41, 5.74) is -4.91. The fourth-order valence-electron chi connectivity index (χ4n) is 1.43. The van der Waals surface area contributed by atoms with Crippen LogP contribution in [0.1, 0.15) is 12.5 Å². The van der Waals surface area contributed by atoms with Crippen molar-refractivity contribution in [1.82, 2.24) is 0 Å². The molecule has 1 aromatic rings. The molecule has 0 aliphatic carbocycles. The molecule has 2 nitrogen and oxygen atoms in total. The number of carbonyl (C=O) groups is 1. The molecule has 0 fully saturated rings.